The molecule has 0 aliphatic carbocycles. The summed E-state index contributed by atoms with van der Waals surface area (Å²) in [5, 5.41) is 5.99. The average molecular weight is 374 g/mol. The normalized spacial score (nSPS) is 20.4. The number of fused-ring (bicyclic) bond motifs is 1. The fraction of sp³-hybridized carbons (Fsp3) is 0.562. The molecule has 6 nitrogen and oxygen atoms in total. The van der Waals surface area contributed by atoms with Gasteiger partial charge in [-0.05, 0) is 43.5 Å². The van der Waals surface area contributed by atoms with Gasteiger partial charge in [-0.2, -0.15) is 4.31 Å². The van der Waals surface area contributed by atoms with Gasteiger partial charge in [-0.25, -0.2) is 8.42 Å². The van der Waals surface area contributed by atoms with E-state index in [1.807, 2.05) is 6.92 Å². The van der Waals surface area contributed by atoms with Crippen LogP contribution in [0.25, 0.3) is 0 Å². The van der Waals surface area contributed by atoms with Crippen LogP contribution in [-0.4, -0.2) is 50.9 Å². The van der Waals surface area contributed by atoms with Gasteiger partial charge in [0.1, 0.15) is 0 Å². The van der Waals surface area contributed by atoms with Gasteiger partial charge in [0.05, 0.1) is 4.90 Å². The zero-order valence-electron chi connectivity index (χ0n) is 13.7. The van der Waals surface area contributed by atoms with Crippen molar-refractivity contribution in [2.24, 2.45) is 0 Å². The van der Waals surface area contributed by atoms with Gasteiger partial charge in [0, 0.05) is 31.2 Å². The monoisotopic (exact) mass is 373 g/mol. The molecule has 0 radical (unpaired) electrons. The van der Waals surface area contributed by atoms with E-state index in [-0.39, 0.29) is 29.3 Å². The highest BCUT2D eigenvalue weighted by atomic mass is 35.5. The van der Waals surface area contributed by atoms with Crippen molar-refractivity contribution in [3.8, 4) is 0 Å². The van der Waals surface area contributed by atoms with Gasteiger partial charge in [0.25, 0.3) is 5.91 Å². The van der Waals surface area contributed by atoms with E-state index in [9.17, 15) is 13.2 Å². The summed E-state index contributed by atoms with van der Waals surface area (Å²) in [7, 11) is -3.59. The van der Waals surface area contributed by atoms with Gasteiger partial charge in [0.15, 0.2) is 0 Å². The molecule has 1 amide bonds. The molecule has 0 bridgehead atoms. The molecular formula is C16H24ClN3O3S. The Kier molecular flexibility index (Phi) is 6.25. The van der Waals surface area contributed by atoms with Crippen molar-refractivity contribution in [1.29, 1.82) is 0 Å². The molecule has 1 aromatic rings. The minimum absolute atomic E-state index is 0. The molecule has 1 aromatic carbocycles. The molecule has 0 spiro atoms. The highest BCUT2D eigenvalue weighted by Gasteiger charge is 2.33. The standard InChI is InChI=1S/C16H23N3O3S.ClH/c1-2-9-19(13-6-7-17-11-13)23(21,22)14-4-3-12-5-8-18-16(20)15(12)10-14;/h3-4,10,13,17H,2,5-9,11H2,1H3,(H,18,20);1H. The fourth-order valence-corrected chi connectivity index (χ4v) is 5.06. The summed E-state index contributed by atoms with van der Waals surface area (Å²) < 4.78 is 27.7. The van der Waals surface area contributed by atoms with Crippen molar-refractivity contribution in [2.75, 3.05) is 26.2 Å². The summed E-state index contributed by atoms with van der Waals surface area (Å²) in [5.74, 6) is -0.187. The number of hydrogen-bond donors (Lipinski definition) is 2. The number of carbonyl (C=O) groups excluding carboxylic acids is 1. The molecule has 3 rings (SSSR count). The Balaban J connectivity index is 0.00000208. The summed E-state index contributed by atoms with van der Waals surface area (Å²) in [6.45, 7) is 4.61. The van der Waals surface area contributed by atoms with E-state index in [1.54, 1.807) is 16.4 Å². The van der Waals surface area contributed by atoms with Crippen LogP contribution in [0.4, 0.5) is 0 Å². The SMILES string of the molecule is CCCN(C1CCNC1)S(=O)(=O)c1ccc2c(c1)C(=O)NCC2.Cl. The predicted octanol–water partition coefficient (Wildman–Crippen LogP) is 1.16. The first-order valence-electron chi connectivity index (χ1n) is 8.17. The van der Waals surface area contributed by atoms with Crippen LogP contribution >= 0.6 is 12.4 Å². The van der Waals surface area contributed by atoms with Crippen LogP contribution in [0.2, 0.25) is 0 Å². The van der Waals surface area contributed by atoms with Gasteiger partial charge in [-0.1, -0.05) is 13.0 Å². The number of rotatable bonds is 5. The summed E-state index contributed by atoms with van der Waals surface area (Å²) in [4.78, 5) is 12.2. The molecular weight excluding hydrogens is 350 g/mol. The first-order chi connectivity index (χ1) is 11.0. The van der Waals surface area contributed by atoms with E-state index in [4.69, 9.17) is 0 Å². The highest BCUT2D eigenvalue weighted by Crippen LogP contribution is 2.25. The molecule has 1 unspecified atom stereocenters. The molecule has 1 atom stereocenters. The smallest absolute Gasteiger partial charge is 0.251 e. The number of sulfonamides is 1. The van der Waals surface area contributed by atoms with E-state index in [0.29, 0.717) is 25.2 Å². The van der Waals surface area contributed by atoms with Crippen molar-refractivity contribution < 1.29 is 13.2 Å². The summed E-state index contributed by atoms with van der Waals surface area (Å²) >= 11 is 0. The van der Waals surface area contributed by atoms with Crippen LogP contribution in [0.5, 0.6) is 0 Å². The Morgan fingerprint density at radius 2 is 2.08 bits per heavy atom. The van der Waals surface area contributed by atoms with Crippen molar-refractivity contribution in [1.82, 2.24) is 14.9 Å². The van der Waals surface area contributed by atoms with E-state index < -0.39 is 10.0 Å². The minimum Gasteiger partial charge on any atom is -0.352 e. The van der Waals surface area contributed by atoms with Crippen LogP contribution in [0.15, 0.2) is 23.1 Å². The second-order valence-corrected chi connectivity index (χ2v) is 7.98. The van der Waals surface area contributed by atoms with Crippen LogP contribution in [0, 0.1) is 0 Å². The maximum absolute atomic E-state index is 13.1. The second kappa shape index (κ2) is 7.82. The van der Waals surface area contributed by atoms with E-state index in [0.717, 1.165) is 31.4 Å². The Morgan fingerprint density at radius 3 is 2.75 bits per heavy atom. The molecule has 2 heterocycles. The van der Waals surface area contributed by atoms with Gasteiger partial charge in [0.2, 0.25) is 10.0 Å². The van der Waals surface area contributed by atoms with E-state index >= 15 is 0 Å². The van der Waals surface area contributed by atoms with Gasteiger partial charge in [-0.15, -0.1) is 12.4 Å². The maximum Gasteiger partial charge on any atom is 0.251 e. The lowest BCUT2D eigenvalue weighted by Gasteiger charge is -2.28. The van der Waals surface area contributed by atoms with Crippen LogP contribution in [-0.2, 0) is 16.4 Å². The van der Waals surface area contributed by atoms with Crippen LogP contribution in [0.1, 0.15) is 35.7 Å². The molecule has 0 saturated carbocycles. The largest absolute Gasteiger partial charge is 0.352 e. The van der Waals surface area contributed by atoms with Crippen LogP contribution in [0.3, 0.4) is 0 Å². The first-order valence-corrected chi connectivity index (χ1v) is 9.61. The number of carbonyl (C=O) groups is 1. The quantitative estimate of drug-likeness (QED) is 0.811. The second-order valence-electron chi connectivity index (χ2n) is 6.09. The molecule has 134 valence electrons. The third kappa shape index (κ3) is 3.59. The number of nitrogens with one attached hydrogen (secondary N) is 2. The number of nitrogens with zero attached hydrogens (tertiary/aromatic N) is 1. The molecule has 24 heavy (non-hydrogen) atoms. The number of hydrogen-bond acceptors (Lipinski definition) is 4. The first kappa shape index (κ1) is 19.2. The van der Waals surface area contributed by atoms with Gasteiger partial charge < -0.3 is 10.6 Å². The molecule has 1 fully saturated rings. The third-order valence-corrected chi connectivity index (χ3v) is 6.45. The molecule has 2 aliphatic rings. The van der Waals surface area contributed by atoms with Crippen molar-refractivity contribution in [3.05, 3.63) is 29.3 Å². The van der Waals surface area contributed by atoms with E-state index in [2.05, 4.69) is 10.6 Å². The van der Waals surface area contributed by atoms with Crippen molar-refractivity contribution >= 4 is 28.3 Å². The lowest BCUT2D eigenvalue weighted by molar-refractivity contribution is 0.0945. The van der Waals surface area contributed by atoms with Crippen molar-refractivity contribution in [3.63, 3.8) is 0 Å². The van der Waals surface area contributed by atoms with E-state index in [1.165, 1.54) is 6.07 Å². The van der Waals surface area contributed by atoms with Crippen molar-refractivity contribution in [2.45, 2.75) is 37.1 Å². The molecule has 2 N–H and O–H groups in total. The molecule has 1 saturated heterocycles. The Labute approximate surface area is 149 Å². The summed E-state index contributed by atoms with van der Waals surface area (Å²) in [5.41, 5.74) is 1.40. The van der Waals surface area contributed by atoms with Crippen LogP contribution < -0.4 is 10.6 Å². The number of benzene rings is 1. The van der Waals surface area contributed by atoms with Gasteiger partial charge >= 0.3 is 0 Å². The average Bonchev–Trinajstić information content (AvgIpc) is 3.06. The lowest BCUT2D eigenvalue weighted by Crippen LogP contribution is -2.42. The zero-order valence-corrected chi connectivity index (χ0v) is 15.4. The Bertz CT molecular complexity index is 703. The predicted molar refractivity (Wildman–Crippen MR) is 95.2 cm³/mol. The molecule has 2 aliphatic heterocycles. The summed E-state index contributed by atoms with van der Waals surface area (Å²) in [6.07, 6.45) is 2.33. The number of amides is 1. The molecule has 0 aromatic heterocycles. The summed E-state index contributed by atoms with van der Waals surface area (Å²) in [6, 6.07) is 4.93. The number of halogens is 1. The topological polar surface area (TPSA) is 78.5 Å². The highest BCUT2D eigenvalue weighted by molar-refractivity contribution is 7.89. The Morgan fingerprint density at radius 1 is 1.29 bits per heavy atom. The fourth-order valence-electron chi connectivity index (χ4n) is 3.29. The van der Waals surface area contributed by atoms with Gasteiger partial charge in [-0.3, -0.25) is 4.79 Å². The lowest BCUT2D eigenvalue weighted by atomic mass is 10.0. The third-order valence-electron chi connectivity index (χ3n) is 4.50. The Hall–Kier alpha value is -1.15. The zero-order chi connectivity index (χ0) is 16.4. The molecule has 8 heteroatoms. The minimum atomic E-state index is -3.59. The maximum atomic E-state index is 13.1.